The molecule has 0 saturated heterocycles. The molecule has 0 atom stereocenters. The van der Waals surface area contributed by atoms with Gasteiger partial charge in [-0.1, -0.05) is 28.1 Å². The number of carbonyl (C=O) groups is 1. The van der Waals surface area contributed by atoms with Gasteiger partial charge in [0.15, 0.2) is 0 Å². The van der Waals surface area contributed by atoms with Crippen LogP contribution in [0.15, 0.2) is 53.0 Å². The molecule has 0 spiro atoms. The molecule has 110 valence electrons. The second kappa shape index (κ2) is 7.10. The molecule has 0 unspecified atom stereocenters. The highest BCUT2D eigenvalue weighted by Crippen LogP contribution is 2.16. The van der Waals surface area contributed by atoms with E-state index in [1.54, 1.807) is 19.2 Å². The standard InChI is InChI=1S/C15H16BrN3O2/c1-21-14-4-2-3-11(9-14)10-19(17)15(20)18-13-7-5-12(16)6-8-13/h2-9H,10,17H2,1H3,(H,18,20). The number of carbonyl (C=O) groups excluding carboxylic acids is 1. The molecule has 0 heterocycles. The van der Waals surface area contributed by atoms with Gasteiger partial charge < -0.3 is 10.1 Å². The minimum absolute atomic E-state index is 0.291. The third kappa shape index (κ3) is 4.47. The number of methoxy groups -OCH3 is 1. The predicted molar refractivity (Wildman–Crippen MR) is 85.9 cm³/mol. The monoisotopic (exact) mass is 349 g/mol. The Morgan fingerprint density at radius 1 is 1.29 bits per heavy atom. The van der Waals surface area contributed by atoms with Gasteiger partial charge in [0.25, 0.3) is 0 Å². The van der Waals surface area contributed by atoms with Crippen LogP contribution in [0.1, 0.15) is 5.56 Å². The maximum Gasteiger partial charge on any atom is 0.336 e. The van der Waals surface area contributed by atoms with Crippen molar-refractivity contribution in [1.29, 1.82) is 0 Å². The van der Waals surface area contributed by atoms with Gasteiger partial charge in [-0.25, -0.2) is 10.6 Å². The van der Waals surface area contributed by atoms with Crippen LogP contribution in [0.25, 0.3) is 0 Å². The number of rotatable bonds is 4. The van der Waals surface area contributed by atoms with E-state index in [0.29, 0.717) is 12.2 Å². The fraction of sp³-hybridized carbons (Fsp3) is 0.133. The minimum atomic E-state index is -0.375. The molecule has 2 rings (SSSR count). The first kappa shape index (κ1) is 15.3. The van der Waals surface area contributed by atoms with Crippen molar-refractivity contribution in [2.45, 2.75) is 6.54 Å². The fourth-order valence-electron chi connectivity index (χ4n) is 1.77. The number of nitrogens with two attached hydrogens (primary N) is 1. The smallest absolute Gasteiger partial charge is 0.336 e. The van der Waals surface area contributed by atoms with Crippen molar-refractivity contribution in [3.63, 3.8) is 0 Å². The Morgan fingerprint density at radius 3 is 2.67 bits per heavy atom. The van der Waals surface area contributed by atoms with E-state index in [2.05, 4.69) is 21.2 Å². The summed E-state index contributed by atoms with van der Waals surface area (Å²) in [5.41, 5.74) is 1.58. The topological polar surface area (TPSA) is 67.6 Å². The van der Waals surface area contributed by atoms with Crippen LogP contribution in [0.4, 0.5) is 10.5 Å². The van der Waals surface area contributed by atoms with Crippen LogP contribution >= 0.6 is 15.9 Å². The van der Waals surface area contributed by atoms with E-state index in [-0.39, 0.29) is 6.03 Å². The highest BCUT2D eigenvalue weighted by atomic mass is 79.9. The van der Waals surface area contributed by atoms with Crippen molar-refractivity contribution >= 4 is 27.6 Å². The Hall–Kier alpha value is -2.05. The summed E-state index contributed by atoms with van der Waals surface area (Å²) in [4.78, 5) is 12.0. The first-order valence-electron chi connectivity index (χ1n) is 6.30. The van der Waals surface area contributed by atoms with Gasteiger partial charge in [0, 0.05) is 10.2 Å². The number of anilines is 1. The maximum absolute atomic E-state index is 12.0. The molecule has 0 aliphatic carbocycles. The molecule has 2 aromatic carbocycles. The van der Waals surface area contributed by atoms with Gasteiger partial charge in [-0.3, -0.25) is 5.01 Å². The number of nitrogens with zero attached hydrogens (tertiary/aromatic N) is 1. The number of benzene rings is 2. The van der Waals surface area contributed by atoms with Gasteiger partial charge in [0.2, 0.25) is 0 Å². The number of halogens is 1. The summed E-state index contributed by atoms with van der Waals surface area (Å²) in [7, 11) is 1.60. The Bertz CT molecular complexity index is 617. The molecule has 5 nitrogen and oxygen atoms in total. The number of urea groups is 1. The number of hydrogen-bond acceptors (Lipinski definition) is 3. The normalized spacial score (nSPS) is 10.0. The van der Waals surface area contributed by atoms with Gasteiger partial charge in [0.1, 0.15) is 5.75 Å². The molecule has 0 aliphatic rings. The Labute approximate surface area is 131 Å². The quantitative estimate of drug-likeness (QED) is 0.505. The van der Waals surface area contributed by atoms with Crippen LogP contribution in [0.3, 0.4) is 0 Å². The summed E-state index contributed by atoms with van der Waals surface area (Å²) in [6, 6.07) is 14.3. The third-order valence-corrected chi connectivity index (χ3v) is 3.37. The van der Waals surface area contributed by atoms with E-state index < -0.39 is 0 Å². The molecule has 21 heavy (non-hydrogen) atoms. The Balaban J connectivity index is 1.97. The number of hydrazine groups is 1. The van der Waals surface area contributed by atoms with Crippen LogP contribution in [-0.2, 0) is 6.54 Å². The van der Waals surface area contributed by atoms with Crippen molar-refractivity contribution in [2.24, 2.45) is 5.84 Å². The second-order valence-corrected chi connectivity index (χ2v) is 5.33. The second-order valence-electron chi connectivity index (χ2n) is 4.42. The van der Waals surface area contributed by atoms with Crippen molar-refractivity contribution in [1.82, 2.24) is 5.01 Å². The lowest BCUT2D eigenvalue weighted by molar-refractivity contribution is 0.210. The molecule has 0 aromatic heterocycles. The lowest BCUT2D eigenvalue weighted by Gasteiger charge is -2.18. The fourth-order valence-corrected chi connectivity index (χ4v) is 2.03. The average Bonchev–Trinajstić information content (AvgIpc) is 2.49. The van der Waals surface area contributed by atoms with E-state index in [4.69, 9.17) is 10.6 Å². The van der Waals surface area contributed by atoms with Gasteiger partial charge in [0.05, 0.1) is 13.7 Å². The van der Waals surface area contributed by atoms with E-state index in [0.717, 1.165) is 20.8 Å². The molecule has 0 aliphatic heterocycles. The first-order valence-corrected chi connectivity index (χ1v) is 7.09. The van der Waals surface area contributed by atoms with Crippen LogP contribution in [-0.4, -0.2) is 18.1 Å². The predicted octanol–water partition coefficient (Wildman–Crippen LogP) is 3.37. The van der Waals surface area contributed by atoms with E-state index >= 15 is 0 Å². The van der Waals surface area contributed by atoms with Crippen molar-refractivity contribution < 1.29 is 9.53 Å². The van der Waals surface area contributed by atoms with Crippen LogP contribution in [0.2, 0.25) is 0 Å². The molecular weight excluding hydrogens is 334 g/mol. The molecule has 2 aromatic rings. The van der Waals surface area contributed by atoms with E-state index in [1.807, 2.05) is 36.4 Å². The molecule has 0 saturated carbocycles. The summed E-state index contributed by atoms with van der Waals surface area (Å²) in [5.74, 6) is 6.52. The minimum Gasteiger partial charge on any atom is -0.497 e. The number of hydrogen-bond donors (Lipinski definition) is 2. The number of amides is 2. The largest absolute Gasteiger partial charge is 0.497 e. The van der Waals surface area contributed by atoms with Gasteiger partial charge in [-0.05, 0) is 42.0 Å². The van der Waals surface area contributed by atoms with Gasteiger partial charge >= 0.3 is 6.03 Å². The molecular formula is C15H16BrN3O2. The van der Waals surface area contributed by atoms with Crippen molar-refractivity contribution in [2.75, 3.05) is 12.4 Å². The Kier molecular flexibility index (Phi) is 5.19. The maximum atomic E-state index is 12.0. The summed E-state index contributed by atoms with van der Waals surface area (Å²) >= 11 is 3.34. The lowest BCUT2D eigenvalue weighted by atomic mass is 10.2. The third-order valence-electron chi connectivity index (χ3n) is 2.84. The summed E-state index contributed by atoms with van der Waals surface area (Å²) in [6.07, 6.45) is 0. The van der Waals surface area contributed by atoms with E-state index in [1.165, 1.54) is 0 Å². The molecule has 0 radical (unpaired) electrons. The van der Waals surface area contributed by atoms with Crippen LogP contribution in [0.5, 0.6) is 5.75 Å². The van der Waals surface area contributed by atoms with E-state index in [9.17, 15) is 4.79 Å². The number of nitrogens with one attached hydrogen (secondary N) is 1. The highest BCUT2D eigenvalue weighted by molar-refractivity contribution is 9.10. The molecule has 6 heteroatoms. The van der Waals surface area contributed by atoms with Gasteiger partial charge in [-0.2, -0.15) is 0 Å². The van der Waals surface area contributed by atoms with Crippen molar-refractivity contribution in [3.05, 3.63) is 58.6 Å². The zero-order valence-corrected chi connectivity index (χ0v) is 13.1. The summed E-state index contributed by atoms with van der Waals surface area (Å²) in [6.45, 7) is 0.291. The molecule has 0 bridgehead atoms. The number of ether oxygens (including phenoxy) is 1. The van der Waals surface area contributed by atoms with Crippen LogP contribution < -0.4 is 15.9 Å². The molecule has 2 amide bonds. The highest BCUT2D eigenvalue weighted by Gasteiger charge is 2.10. The average molecular weight is 350 g/mol. The van der Waals surface area contributed by atoms with Gasteiger partial charge in [-0.15, -0.1) is 0 Å². The zero-order valence-electron chi connectivity index (χ0n) is 11.5. The Morgan fingerprint density at radius 2 is 2.00 bits per heavy atom. The zero-order chi connectivity index (χ0) is 15.2. The van der Waals surface area contributed by atoms with Crippen molar-refractivity contribution in [3.8, 4) is 5.75 Å². The lowest BCUT2D eigenvalue weighted by Crippen LogP contribution is -2.39. The SMILES string of the molecule is COc1cccc(CN(N)C(=O)Nc2ccc(Br)cc2)c1. The summed E-state index contributed by atoms with van der Waals surface area (Å²) in [5, 5.41) is 3.85. The summed E-state index contributed by atoms with van der Waals surface area (Å²) < 4.78 is 6.09. The molecule has 3 N–H and O–H groups in total. The molecule has 0 fully saturated rings. The first-order chi connectivity index (χ1) is 10.1. The van der Waals surface area contributed by atoms with Crippen LogP contribution in [0, 0.1) is 0 Å².